The predicted molar refractivity (Wildman–Crippen MR) is 19.6 cm³/mol. The lowest BCUT2D eigenvalue weighted by Gasteiger charge is -1.89. The van der Waals surface area contributed by atoms with Gasteiger partial charge in [-0.1, -0.05) is 0 Å². The Hall–Kier alpha value is -0.0331. The van der Waals surface area contributed by atoms with E-state index in [0.717, 1.165) is 0 Å². The number of rotatable bonds is 0. The van der Waals surface area contributed by atoms with Crippen LogP contribution in [0.2, 0.25) is 0 Å². The molecule has 1 nitrogen and oxygen atoms in total. The monoisotopic (exact) mass is 118 g/mol. The van der Waals surface area contributed by atoms with Gasteiger partial charge in [-0.15, -0.1) is 0 Å². The summed E-state index contributed by atoms with van der Waals surface area (Å²) in [5, 5.41) is 0. The van der Waals surface area contributed by atoms with Crippen LogP contribution in [0.5, 0.6) is 0 Å². The van der Waals surface area contributed by atoms with Gasteiger partial charge in [0.2, 0.25) is 0 Å². The molecular formula is CH5F3OSi. The van der Waals surface area contributed by atoms with Gasteiger partial charge in [-0.05, 0) is 0 Å². The normalized spacial score (nSPS) is 10.5. The summed E-state index contributed by atoms with van der Waals surface area (Å²) < 4.78 is 31.2. The van der Waals surface area contributed by atoms with Crippen molar-refractivity contribution in [1.29, 1.82) is 0 Å². The smallest absolute Gasteiger partial charge is 0.351 e. The molecule has 0 saturated heterocycles. The van der Waals surface area contributed by atoms with Crippen LogP contribution in [0.15, 0.2) is 0 Å². The maximum Gasteiger partial charge on any atom is 0.351 e. The lowest BCUT2D eigenvalue weighted by atomic mass is 11.5. The molecule has 0 heterocycles. The largest absolute Gasteiger partial charge is 0.412 e. The Bertz CT molecular complexity index is 26.3. The Kier molecular flexibility index (Phi) is 3.42. The molecule has 0 saturated carbocycles. The zero-order chi connectivity index (χ0) is 4.50. The summed E-state index contributed by atoms with van der Waals surface area (Å²) in [5.74, 6) is -3.86. The molecule has 0 aliphatic heterocycles. The highest BCUT2D eigenvalue weighted by atomic mass is 28.1. The van der Waals surface area contributed by atoms with Crippen LogP contribution in [0.4, 0.5) is 13.2 Å². The van der Waals surface area contributed by atoms with E-state index in [1.165, 1.54) is 0 Å². The topological polar surface area (TPSA) is 31.5 Å². The molecular weight excluding hydrogens is 113 g/mol. The highest BCUT2D eigenvalue weighted by Gasteiger charge is 2.14. The summed E-state index contributed by atoms with van der Waals surface area (Å²) in [6.07, 6.45) is 0. The molecule has 6 heavy (non-hydrogen) atoms. The first-order valence-corrected chi connectivity index (χ1v) is 2.07. The first kappa shape index (κ1) is 9.35. The van der Waals surface area contributed by atoms with Crippen molar-refractivity contribution in [2.75, 3.05) is 0 Å². The molecule has 5 heteroatoms. The fourth-order valence-corrected chi connectivity index (χ4v) is 0. The zero-order valence-corrected chi connectivity index (χ0v) is 5.13. The van der Waals surface area contributed by atoms with Crippen LogP contribution < -0.4 is 0 Å². The van der Waals surface area contributed by atoms with E-state index >= 15 is 0 Å². The van der Waals surface area contributed by atoms with Gasteiger partial charge >= 0.3 is 5.80 Å². The lowest BCUT2D eigenvalue weighted by molar-refractivity contribution is -0.0429. The molecule has 2 N–H and O–H groups in total. The van der Waals surface area contributed by atoms with E-state index in [0.29, 0.717) is 0 Å². The van der Waals surface area contributed by atoms with Crippen LogP contribution in [0.3, 0.4) is 0 Å². The second kappa shape index (κ2) is 2.20. The van der Waals surface area contributed by atoms with Gasteiger partial charge in [0.15, 0.2) is 0 Å². The highest BCUT2D eigenvalue weighted by Crippen LogP contribution is 2.05. The van der Waals surface area contributed by atoms with Crippen molar-refractivity contribution in [3.05, 3.63) is 0 Å². The summed E-state index contributed by atoms with van der Waals surface area (Å²) in [7, 11) is -0.692. The first-order chi connectivity index (χ1) is 2.00. The highest BCUT2D eigenvalue weighted by molar-refractivity contribution is 6.11. The van der Waals surface area contributed by atoms with Crippen molar-refractivity contribution >= 4 is 10.2 Å². The standard InChI is InChI=1S/CH3F3Si.H2O/c2-1(3,4)5;/h5H3;1H2. The van der Waals surface area contributed by atoms with E-state index in [4.69, 9.17) is 0 Å². The summed E-state index contributed by atoms with van der Waals surface area (Å²) in [5.41, 5.74) is 0. The molecule has 0 amide bonds. The van der Waals surface area contributed by atoms with E-state index in [-0.39, 0.29) is 5.48 Å². The summed E-state index contributed by atoms with van der Waals surface area (Å²) in [4.78, 5) is 0. The fraction of sp³-hybridized carbons (Fsp3) is 1.00. The lowest BCUT2D eigenvalue weighted by Crippen LogP contribution is -2.03. The Labute approximate surface area is 35.9 Å². The molecule has 40 valence electrons. The molecule has 0 aromatic rings. The zero-order valence-electron chi connectivity index (χ0n) is 3.13. The Balaban J connectivity index is 0. The van der Waals surface area contributed by atoms with Crippen LogP contribution in [0.25, 0.3) is 0 Å². The summed E-state index contributed by atoms with van der Waals surface area (Å²) >= 11 is 0. The second-order valence-electron chi connectivity index (χ2n) is 0.781. The Morgan fingerprint density at radius 2 is 1.17 bits per heavy atom. The number of hydrogen-bond donors (Lipinski definition) is 0. The summed E-state index contributed by atoms with van der Waals surface area (Å²) in [6.45, 7) is 0. The minimum atomic E-state index is -3.86. The van der Waals surface area contributed by atoms with E-state index < -0.39 is 16.0 Å². The average molecular weight is 118 g/mol. The second-order valence-corrected chi connectivity index (χ2v) is 1.92. The molecule has 0 fully saturated rings. The Morgan fingerprint density at radius 1 is 1.17 bits per heavy atom. The van der Waals surface area contributed by atoms with Gasteiger partial charge in [0.1, 0.15) is 10.2 Å². The number of hydrogen-bond acceptors (Lipinski definition) is 0. The molecule has 0 aromatic heterocycles. The number of halogens is 3. The molecule has 0 atom stereocenters. The van der Waals surface area contributed by atoms with Gasteiger partial charge in [0.25, 0.3) is 0 Å². The quantitative estimate of drug-likeness (QED) is 0.367. The molecule has 0 radical (unpaired) electrons. The molecule has 0 aromatic carbocycles. The fourth-order valence-electron chi connectivity index (χ4n) is 0. The van der Waals surface area contributed by atoms with Gasteiger partial charge in [0, 0.05) is 0 Å². The van der Waals surface area contributed by atoms with E-state index in [2.05, 4.69) is 0 Å². The van der Waals surface area contributed by atoms with Gasteiger partial charge in [-0.3, -0.25) is 0 Å². The van der Waals surface area contributed by atoms with Crippen molar-refractivity contribution in [2.45, 2.75) is 5.80 Å². The Morgan fingerprint density at radius 3 is 1.17 bits per heavy atom. The van der Waals surface area contributed by atoms with Crippen LogP contribution in [-0.2, 0) is 0 Å². The molecule has 0 bridgehead atoms. The number of alkyl halides is 3. The first-order valence-electron chi connectivity index (χ1n) is 1.07. The van der Waals surface area contributed by atoms with E-state index in [1.807, 2.05) is 0 Å². The third kappa shape index (κ3) is 31800. The SMILES string of the molecule is FC(F)(F)[SiH3].O. The third-order valence-electron chi connectivity index (χ3n) is 0. The van der Waals surface area contributed by atoms with Crippen LogP contribution in [0, 0.1) is 0 Å². The van der Waals surface area contributed by atoms with Crippen LogP contribution in [-0.4, -0.2) is 21.5 Å². The van der Waals surface area contributed by atoms with Gasteiger partial charge in [0.05, 0.1) is 0 Å². The van der Waals surface area contributed by atoms with E-state index in [9.17, 15) is 13.2 Å². The van der Waals surface area contributed by atoms with Crippen LogP contribution in [0.1, 0.15) is 0 Å². The van der Waals surface area contributed by atoms with Gasteiger partial charge in [-0.25, -0.2) is 0 Å². The summed E-state index contributed by atoms with van der Waals surface area (Å²) in [6, 6.07) is 0. The van der Waals surface area contributed by atoms with Crippen molar-refractivity contribution in [2.24, 2.45) is 0 Å². The maximum atomic E-state index is 10.4. The third-order valence-corrected chi connectivity index (χ3v) is 0. The van der Waals surface area contributed by atoms with E-state index in [1.54, 1.807) is 0 Å². The molecule has 0 aliphatic carbocycles. The average Bonchev–Trinajstić information content (AvgIpc) is 0.722. The molecule has 0 rings (SSSR count). The predicted octanol–water partition coefficient (Wildman–Crippen LogP) is -0.953. The van der Waals surface area contributed by atoms with Crippen molar-refractivity contribution in [3.8, 4) is 0 Å². The molecule has 0 spiro atoms. The maximum absolute atomic E-state index is 10.4. The van der Waals surface area contributed by atoms with Crippen LogP contribution >= 0.6 is 0 Å². The molecule has 0 unspecified atom stereocenters. The van der Waals surface area contributed by atoms with Crippen molar-refractivity contribution in [1.82, 2.24) is 0 Å². The molecule has 0 aliphatic rings. The van der Waals surface area contributed by atoms with Crippen molar-refractivity contribution in [3.63, 3.8) is 0 Å². The van der Waals surface area contributed by atoms with Crippen molar-refractivity contribution < 1.29 is 18.6 Å². The van der Waals surface area contributed by atoms with Gasteiger partial charge in [-0.2, -0.15) is 13.2 Å². The van der Waals surface area contributed by atoms with Gasteiger partial charge < -0.3 is 5.48 Å². The minimum absolute atomic E-state index is 0. The minimum Gasteiger partial charge on any atom is -0.412 e.